The molecule has 1 unspecified atom stereocenters. The first-order chi connectivity index (χ1) is 13.1. The molecular weight excluding hydrogens is 340 g/mol. The molecular formula is C21H14N4O2. The summed E-state index contributed by atoms with van der Waals surface area (Å²) < 4.78 is 0. The van der Waals surface area contributed by atoms with Crippen molar-refractivity contribution in [2.45, 2.75) is 12.3 Å². The largest absolute Gasteiger partial charge is 0.338 e. The fraction of sp³-hybridized carbons (Fsp3) is 0.0952. The zero-order valence-corrected chi connectivity index (χ0v) is 14.4. The highest BCUT2D eigenvalue weighted by Crippen LogP contribution is 2.57. The molecule has 0 saturated heterocycles. The van der Waals surface area contributed by atoms with Gasteiger partial charge in [-0.15, -0.1) is 0 Å². The van der Waals surface area contributed by atoms with Crippen LogP contribution in [-0.2, 0) is 10.2 Å². The molecule has 2 aromatic carbocycles. The number of amides is 1. The molecule has 3 heterocycles. The highest BCUT2D eigenvalue weighted by Gasteiger charge is 2.60. The molecule has 27 heavy (non-hydrogen) atoms. The molecule has 6 nitrogen and oxygen atoms in total. The number of Topliss-reactive ketones (excluding diaryl/α,β-unsaturated/α-hetero) is 1. The van der Waals surface area contributed by atoms with Gasteiger partial charge in [-0.1, -0.05) is 42.5 Å². The van der Waals surface area contributed by atoms with Crippen LogP contribution in [0.15, 0.2) is 54.1 Å². The number of nitrogens with zero attached hydrogens (tertiary/aromatic N) is 1. The summed E-state index contributed by atoms with van der Waals surface area (Å²) in [5, 5.41) is 13.6. The number of anilines is 2. The minimum absolute atomic E-state index is 0.119. The van der Waals surface area contributed by atoms with E-state index in [4.69, 9.17) is 0 Å². The number of H-pyrrole nitrogens is 1. The number of aromatic amines is 1. The van der Waals surface area contributed by atoms with Crippen LogP contribution < -0.4 is 10.6 Å². The molecule has 1 aliphatic carbocycles. The zero-order chi connectivity index (χ0) is 18.3. The van der Waals surface area contributed by atoms with Crippen LogP contribution in [0.2, 0.25) is 0 Å². The van der Waals surface area contributed by atoms with E-state index in [9.17, 15) is 9.59 Å². The summed E-state index contributed by atoms with van der Waals surface area (Å²) in [7, 11) is 0. The smallest absolute Gasteiger partial charge is 0.244 e. The summed E-state index contributed by atoms with van der Waals surface area (Å²) in [4.78, 5) is 27.0. The molecule has 0 saturated carbocycles. The van der Waals surface area contributed by atoms with Crippen LogP contribution in [0.4, 0.5) is 11.5 Å². The van der Waals surface area contributed by atoms with Gasteiger partial charge < -0.3 is 10.6 Å². The highest BCUT2D eigenvalue weighted by atomic mass is 16.2. The van der Waals surface area contributed by atoms with E-state index in [-0.39, 0.29) is 11.7 Å². The molecule has 3 aromatic rings. The maximum Gasteiger partial charge on any atom is 0.244 e. The van der Waals surface area contributed by atoms with E-state index < -0.39 is 5.41 Å². The van der Waals surface area contributed by atoms with Gasteiger partial charge in [0.1, 0.15) is 5.41 Å². The third kappa shape index (κ3) is 1.47. The Morgan fingerprint density at radius 2 is 1.67 bits per heavy atom. The number of nitrogens with one attached hydrogen (secondary N) is 3. The van der Waals surface area contributed by atoms with Crippen LogP contribution in [0, 0.1) is 6.92 Å². The van der Waals surface area contributed by atoms with Gasteiger partial charge in [0.25, 0.3) is 0 Å². The van der Waals surface area contributed by atoms with Crippen LogP contribution in [0.25, 0.3) is 5.70 Å². The SMILES string of the molecule is Cc1[nH]nc2c1C1(C(=O)Nc3ccccc31)C1=C(N2)c2ccccc2C1=O. The summed E-state index contributed by atoms with van der Waals surface area (Å²) in [6.07, 6.45) is 0. The Bertz CT molecular complexity index is 1240. The molecule has 3 aliphatic rings. The van der Waals surface area contributed by atoms with Crippen molar-refractivity contribution in [2.24, 2.45) is 0 Å². The highest BCUT2D eigenvalue weighted by molar-refractivity contribution is 6.31. The molecule has 6 heteroatoms. The van der Waals surface area contributed by atoms with Crippen molar-refractivity contribution in [1.29, 1.82) is 0 Å². The van der Waals surface area contributed by atoms with Gasteiger partial charge in [-0.2, -0.15) is 5.10 Å². The van der Waals surface area contributed by atoms with Gasteiger partial charge in [-0.3, -0.25) is 14.7 Å². The Balaban J connectivity index is 1.79. The van der Waals surface area contributed by atoms with Gasteiger partial charge in [-0.25, -0.2) is 0 Å². The van der Waals surface area contributed by atoms with Gasteiger partial charge in [0.2, 0.25) is 5.91 Å². The minimum atomic E-state index is -1.21. The second-order valence-corrected chi connectivity index (χ2v) is 7.07. The van der Waals surface area contributed by atoms with Crippen molar-refractivity contribution in [1.82, 2.24) is 10.2 Å². The van der Waals surface area contributed by atoms with E-state index in [2.05, 4.69) is 20.8 Å². The number of ketones is 1. The number of benzene rings is 2. The standard InChI is InChI=1S/C21H14N4O2/c1-10-15-19(25-24-10)23-17-11-6-2-3-7-12(11)18(26)16(17)21(15)13-8-4-5-9-14(13)22-20(21)27/h2-9H,1H3,(H,22,27)(H2,23,24,25). The van der Waals surface area contributed by atoms with Crippen LogP contribution in [0.1, 0.15) is 32.7 Å². The third-order valence-corrected chi connectivity index (χ3v) is 5.78. The van der Waals surface area contributed by atoms with Crippen molar-refractivity contribution in [3.05, 3.63) is 82.1 Å². The van der Waals surface area contributed by atoms with E-state index in [0.717, 1.165) is 22.5 Å². The lowest BCUT2D eigenvalue weighted by Gasteiger charge is -2.34. The van der Waals surface area contributed by atoms with Crippen molar-refractivity contribution in [2.75, 3.05) is 10.6 Å². The Morgan fingerprint density at radius 1 is 0.926 bits per heavy atom. The number of carbonyl (C=O) groups excluding carboxylic acids is 2. The Kier molecular flexibility index (Phi) is 2.43. The number of aromatic nitrogens is 2. The first-order valence-electron chi connectivity index (χ1n) is 8.76. The number of fused-ring (bicyclic) bond motifs is 7. The van der Waals surface area contributed by atoms with Gasteiger partial charge in [0.15, 0.2) is 11.6 Å². The van der Waals surface area contributed by atoms with E-state index in [0.29, 0.717) is 28.2 Å². The second-order valence-electron chi connectivity index (χ2n) is 7.07. The number of hydrogen-bond donors (Lipinski definition) is 3. The lowest BCUT2D eigenvalue weighted by Crippen LogP contribution is -2.43. The molecule has 3 N–H and O–H groups in total. The number of hydrogen-bond acceptors (Lipinski definition) is 4. The molecule has 1 atom stereocenters. The van der Waals surface area contributed by atoms with Crippen LogP contribution in [0.5, 0.6) is 0 Å². The maximum absolute atomic E-state index is 13.5. The van der Waals surface area contributed by atoms with E-state index in [1.165, 1.54) is 0 Å². The Labute approximate surface area is 154 Å². The predicted molar refractivity (Wildman–Crippen MR) is 100 cm³/mol. The molecule has 0 radical (unpaired) electrons. The summed E-state index contributed by atoms with van der Waals surface area (Å²) >= 11 is 0. The van der Waals surface area contributed by atoms with Gasteiger partial charge >= 0.3 is 0 Å². The average Bonchev–Trinajstić information content (AvgIpc) is 3.29. The van der Waals surface area contributed by atoms with E-state index in [1.807, 2.05) is 49.4 Å². The Hall–Kier alpha value is -3.67. The van der Waals surface area contributed by atoms with Crippen molar-refractivity contribution in [3.8, 4) is 0 Å². The lowest BCUT2D eigenvalue weighted by atomic mass is 9.67. The zero-order valence-electron chi connectivity index (χ0n) is 14.4. The molecule has 0 bridgehead atoms. The molecule has 1 amide bonds. The van der Waals surface area contributed by atoms with Gasteiger partial charge in [0.05, 0.1) is 5.70 Å². The number of carbonyl (C=O) groups is 2. The third-order valence-electron chi connectivity index (χ3n) is 5.78. The minimum Gasteiger partial charge on any atom is -0.338 e. The fourth-order valence-corrected chi connectivity index (χ4v) is 4.75. The molecule has 130 valence electrons. The van der Waals surface area contributed by atoms with Crippen molar-refractivity contribution in [3.63, 3.8) is 0 Å². The number of para-hydroxylation sites is 1. The normalized spacial score (nSPS) is 21.5. The van der Waals surface area contributed by atoms with E-state index in [1.54, 1.807) is 6.07 Å². The van der Waals surface area contributed by atoms with Crippen LogP contribution in [-0.4, -0.2) is 21.9 Å². The van der Waals surface area contributed by atoms with Crippen LogP contribution >= 0.6 is 0 Å². The summed E-state index contributed by atoms with van der Waals surface area (Å²) in [6.45, 7) is 1.88. The molecule has 2 aliphatic heterocycles. The summed E-state index contributed by atoms with van der Waals surface area (Å²) in [5.74, 6) is 0.249. The monoisotopic (exact) mass is 354 g/mol. The summed E-state index contributed by atoms with van der Waals surface area (Å²) in [6, 6.07) is 15.0. The lowest BCUT2D eigenvalue weighted by molar-refractivity contribution is -0.118. The van der Waals surface area contributed by atoms with Gasteiger partial charge in [-0.05, 0) is 13.0 Å². The first kappa shape index (κ1) is 14.5. The topological polar surface area (TPSA) is 86.9 Å². The molecule has 6 rings (SSSR count). The number of aryl methyl sites for hydroxylation is 1. The van der Waals surface area contributed by atoms with Crippen molar-refractivity contribution >= 4 is 28.9 Å². The van der Waals surface area contributed by atoms with E-state index >= 15 is 0 Å². The van der Waals surface area contributed by atoms with Gasteiger partial charge in [0, 0.05) is 39.2 Å². The summed E-state index contributed by atoms with van der Waals surface area (Å²) in [5.41, 5.74) is 4.34. The molecule has 0 fully saturated rings. The molecule has 1 spiro atoms. The van der Waals surface area contributed by atoms with Crippen molar-refractivity contribution < 1.29 is 9.59 Å². The van der Waals surface area contributed by atoms with Crippen LogP contribution in [0.3, 0.4) is 0 Å². The Morgan fingerprint density at radius 3 is 2.52 bits per heavy atom. The average molecular weight is 354 g/mol. The molecule has 1 aromatic heterocycles. The first-order valence-corrected chi connectivity index (χ1v) is 8.76. The predicted octanol–water partition coefficient (Wildman–Crippen LogP) is 2.99. The number of rotatable bonds is 0. The quantitative estimate of drug-likeness (QED) is 0.579. The second kappa shape index (κ2) is 4.54. The maximum atomic E-state index is 13.5. The fourth-order valence-electron chi connectivity index (χ4n) is 4.75.